The van der Waals surface area contributed by atoms with Crippen molar-refractivity contribution in [3.63, 3.8) is 0 Å². The second-order valence-electron chi connectivity index (χ2n) is 5.48. The highest BCUT2D eigenvalue weighted by molar-refractivity contribution is 14.0. The van der Waals surface area contributed by atoms with Crippen molar-refractivity contribution in [1.82, 2.24) is 25.4 Å². The smallest absolute Gasteiger partial charge is 0.191 e. The molecule has 0 saturated carbocycles. The van der Waals surface area contributed by atoms with Gasteiger partial charge in [0, 0.05) is 19.2 Å². The van der Waals surface area contributed by atoms with Crippen LogP contribution < -0.4 is 15.4 Å². The Morgan fingerprint density at radius 1 is 1.31 bits per heavy atom. The van der Waals surface area contributed by atoms with Gasteiger partial charge in [0.25, 0.3) is 0 Å². The summed E-state index contributed by atoms with van der Waals surface area (Å²) in [4.78, 5) is 4.64. The summed E-state index contributed by atoms with van der Waals surface area (Å²) >= 11 is 0. The molecule has 0 aliphatic rings. The molecule has 26 heavy (non-hydrogen) atoms. The van der Waals surface area contributed by atoms with E-state index in [0.717, 1.165) is 35.5 Å². The van der Waals surface area contributed by atoms with E-state index < -0.39 is 0 Å². The molecule has 142 valence electrons. The predicted octanol–water partition coefficient (Wildman–Crippen LogP) is 2.56. The first-order chi connectivity index (χ1) is 12.2. The van der Waals surface area contributed by atoms with Crippen molar-refractivity contribution in [3.05, 3.63) is 54.1 Å². The molecule has 1 heterocycles. The fourth-order valence-electron chi connectivity index (χ4n) is 2.20. The lowest BCUT2D eigenvalue weighted by atomic mass is 10.2. The fraction of sp³-hybridized carbons (Fsp3) is 0.389. The zero-order valence-electron chi connectivity index (χ0n) is 15.5. The number of para-hydroxylation sites is 1. The highest BCUT2D eigenvalue weighted by atomic mass is 127. The molecule has 0 spiro atoms. The van der Waals surface area contributed by atoms with Gasteiger partial charge in [-0.1, -0.05) is 30.9 Å². The minimum atomic E-state index is 0. The molecule has 0 saturated heterocycles. The van der Waals surface area contributed by atoms with Crippen molar-refractivity contribution < 1.29 is 4.74 Å². The number of rotatable bonds is 8. The third-order valence-electron chi connectivity index (χ3n) is 3.68. The van der Waals surface area contributed by atoms with Crippen molar-refractivity contribution in [1.29, 1.82) is 0 Å². The minimum Gasteiger partial charge on any atom is -0.489 e. The molecule has 0 unspecified atom stereocenters. The summed E-state index contributed by atoms with van der Waals surface area (Å²) in [5.41, 5.74) is 1.02. The highest BCUT2D eigenvalue weighted by Crippen LogP contribution is 2.18. The van der Waals surface area contributed by atoms with Crippen molar-refractivity contribution in [2.45, 2.75) is 26.9 Å². The van der Waals surface area contributed by atoms with Gasteiger partial charge in [0.15, 0.2) is 11.8 Å². The Morgan fingerprint density at radius 3 is 2.73 bits per heavy atom. The molecule has 2 N–H and O–H groups in total. The molecule has 8 heteroatoms. The molecule has 0 aliphatic carbocycles. The number of guanidine groups is 1. The maximum absolute atomic E-state index is 5.68. The molecule has 1 aromatic carbocycles. The average molecular weight is 470 g/mol. The largest absolute Gasteiger partial charge is 0.489 e. The monoisotopic (exact) mass is 470 g/mol. The molecule has 1 aromatic heterocycles. The number of aryl methyl sites for hydroxylation is 1. The molecule has 0 radical (unpaired) electrons. The van der Waals surface area contributed by atoms with Crippen LogP contribution in [-0.4, -0.2) is 33.9 Å². The maximum atomic E-state index is 5.68. The van der Waals surface area contributed by atoms with Crippen LogP contribution in [0.1, 0.15) is 24.1 Å². The third kappa shape index (κ3) is 6.32. The van der Waals surface area contributed by atoms with E-state index in [1.165, 1.54) is 0 Å². The first kappa shape index (κ1) is 21.9. The van der Waals surface area contributed by atoms with Crippen LogP contribution in [-0.2, 0) is 20.1 Å². The van der Waals surface area contributed by atoms with E-state index in [-0.39, 0.29) is 24.0 Å². The standard InChI is InChI=1S/C18H26N6O.HI/c1-5-11-25-16-10-8-7-9-15(16)12-20-18(19-6-2)21-13-17-23-22-14(3)24(17)4;/h5,7-10H,1,6,11-13H2,2-4H3,(H2,19,20,21);1H. The second-order valence-corrected chi connectivity index (χ2v) is 5.48. The van der Waals surface area contributed by atoms with Gasteiger partial charge in [0.1, 0.15) is 18.2 Å². The lowest BCUT2D eigenvalue weighted by molar-refractivity contribution is 0.359. The Balaban J connectivity index is 0.00000338. The molecule has 2 rings (SSSR count). The number of aromatic nitrogens is 3. The van der Waals surface area contributed by atoms with Crippen molar-refractivity contribution in [2.24, 2.45) is 12.0 Å². The molecular weight excluding hydrogens is 443 g/mol. The van der Waals surface area contributed by atoms with Crippen molar-refractivity contribution in [3.8, 4) is 5.75 Å². The van der Waals surface area contributed by atoms with E-state index in [9.17, 15) is 0 Å². The number of halogens is 1. The summed E-state index contributed by atoms with van der Waals surface area (Å²) < 4.78 is 7.63. The van der Waals surface area contributed by atoms with Crippen LogP contribution in [0.25, 0.3) is 0 Å². The van der Waals surface area contributed by atoms with Crippen LogP contribution in [0.3, 0.4) is 0 Å². The molecule has 0 bridgehead atoms. The zero-order valence-corrected chi connectivity index (χ0v) is 17.9. The summed E-state index contributed by atoms with van der Waals surface area (Å²) in [5, 5.41) is 14.7. The highest BCUT2D eigenvalue weighted by Gasteiger charge is 2.07. The number of aliphatic imine (C=N–C) groups is 1. The van der Waals surface area contributed by atoms with E-state index in [1.54, 1.807) is 6.08 Å². The van der Waals surface area contributed by atoms with E-state index in [2.05, 4.69) is 32.4 Å². The van der Waals surface area contributed by atoms with Gasteiger partial charge in [0.05, 0.1) is 13.1 Å². The zero-order chi connectivity index (χ0) is 18.1. The Kier molecular flexibility index (Phi) is 9.71. The Hall–Kier alpha value is -2.10. The molecule has 0 fully saturated rings. The van der Waals surface area contributed by atoms with Crippen LogP contribution >= 0.6 is 24.0 Å². The number of nitrogens with zero attached hydrogens (tertiary/aromatic N) is 4. The topological polar surface area (TPSA) is 76.4 Å². The second kappa shape index (κ2) is 11.5. The van der Waals surface area contributed by atoms with Crippen LogP contribution in [0.5, 0.6) is 5.75 Å². The van der Waals surface area contributed by atoms with Gasteiger partial charge in [-0.2, -0.15) is 0 Å². The van der Waals surface area contributed by atoms with Crippen LogP contribution in [0, 0.1) is 6.92 Å². The van der Waals surface area contributed by atoms with E-state index in [1.807, 2.05) is 49.7 Å². The van der Waals surface area contributed by atoms with Gasteiger partial charge in [-0.05, 0) is 19.9 Å². The van der Waals surface area contributed by atoms with Crippen LogP contribution in [0.4, 0.5) is 0 Å². The Bertz CT molecular complexity index is 728. The minimum absolute atomic E-state index is 0. The summed E-state index contributed by atoms with van der Waals surface area (Å²) in [6, 6.07) is 7.88. The molecular formula is C18H27IN6O. The SMILES string of the molecule is C=CCOc1ccccc1CN=C(NCC)NCc1nnc(C)n1C.I. The first-order valence-electron chi connectivity index (χ1n) is 8.34. The average Bonchev–Trinajstić information content (AvgIpc) is 2.95. The van der Waals surface area contributed by atoms with Gasteiger partial charge in [-0.3, -0.25) is 0 Å². The van der Waals surface area contributed by atoms with Gasteiger partial charge in [0.2, 0.25) is 0 Å². The molecule has 0 atom stereocenters. The first-order valence-corrected chi connectivity index (χ1v) is 8.34. The quantitative estimate of drug-likeness (QED) is 0.269. The van der Waals surface area contributed by atoms with E-state index in [4.69, 9.17) is 4.74 Å². The number of hydrogen-bond donors (Lipinski definition) is 2. The number of ether oxygens (including phenoxy) is 1. The third-order valence-corrected chi connectivity index (χ3v) is 3.68. The van der Waals surface area contributed by atoms with E-state index in [0.29, 0.717) is 19.7 Å². The summed E-state index contributed by atoms with van der Waals surface area (Å²) in [6.45, 7) is 9.96. The van der Waals surface area contributed by atoms with Gasteiger partial charge < -0.3 is 19.9 Å². The summed E-state index contributed by atoms with van der Waals surface area (Å²) in [7, 11) is 1.95. The molecule has 2 aromatic rings. The predicted molar refractivity (Wildman–Crippen MR) is 115 cm³/mol. The van der Waals surface area contributed by atoms with Crippen molar-refractivity contribution in [2.75, 3.05) is 13.2 Å². The maximum Gasteiger partial charge on any atom is 0.191 e. The fourth-order valence-corrected chi connectivity index (χ4v) is 2.20. The molecule has 7 nitrogen and oxygen atoms in total. The van der Waals surface area contributed by atoms with Crippen LogP contribution in [0.2, 0.25) is 0 Å². The molecule has 0 aliphatic heterocycles. The van der Waals surface area contributed by atoms with Gasteiger partial charge in [-0.25, -0.2) is 4.99 Å². The lowest BCUT2D eigenvalue weighted by Crippen LogP contribution is -2.37. The van der Waals surface area contributed by atoms with Crippen LogP contribution in [0.15, 0.2) is 41.9 Å². The summed E-state index contributed by atoms with van der Waals surface area (Å²) in [5.74, 6) is 3.29. The normalized spacial score (nSPS) is 10.8. The lowest BCUT2D eigenvalue weighted by Gasteiger charge is -2.12. The van der Waals surface area contributed by atoms with Gasteiger partial charge >= 0.3 is 0 Å². The Labute approximate surface area is 172 Å². The number of nitrogens with one attached hydrogen (secondary N) is 2. The number of hydrogen-bond acceptors (Lipinski definition) is 4. The molecule has 0 amide bonds. The van der Waals surface area contributed by atoms with E-state index >= 15 is 0 Å². The number of benzene rings is 1. The Morgan fingerprint density at radius 2 is 2.08 bits per heavy atom. The summed E-state index contributed by atoms with van der Waals surface area (Å²) in [6.07, 6.45) is 1.73. The van der Waals surface area contributed by atoms with Gasteiger partial charge in [-0.15, -0.1) is 34.2 Å². The van der Waals surface area contributed by atoms with Crippen molar-refractivity contribution >= 4 is 29.9 Å².